The Bertz CT molecular complexity index is 593. The monoisotopic (exact) mass is 518 g/mol. The Morgan fingerprint density at radius 3 is 2.55 bits per heavy atom. The lowest BCUT2D eigenvalue weighted by Crippen LogP contribution is -2.49. The Kier molecular flexibility index (Phi) is 13.7. The normalized spacial score (nSPS) is 15.0. The molecule has 1 saturated heterocycles. The number of hydrogen-bond donors (Lipinski definition) is 2. The molecule has 0 aliphatic carbocycles. The molecule has 2 N–H and O–H groups in total. The van der Waals surface area contributed by atoms with E-state index in [-0.39, 0.29) is 36.4 Å². The summed E-state index contributed by atoms with van der Waals surface area (Å²) in [5.74, 6) is 0.754. The molecular weight excluding hydrogens is 483 g/mol. The van der Waals surface area contributed by atoms with Crippen molar-refractivity contribution >= 4 is 35.8 Å². The zero-order valence-corrected chi connectivity index (χ0v) is 19.9. The molecule has 0 bridgehead atoms. The van der Waals surface area contributed by atoms with E-state index in [1.165, 1.54) is 5.56 Å². The van der Waals surface area contributed by atoms with Gasteiger partial charge in [-0.1, -0.05) is 30.3 Å². The molecule has 8 heteroatoms. The summed E-state index contributed by atoms with van der Waals surface area (Å²) < 4.78 is 10.9. The minimum atomic E-state index is -0.0200. The molecule has 1 fully saturated rings. The number of benzene rings is 1. The van der Waals surface area contributed by atoms with Crippen LogP contribution in [-0.2, 0) is 20.7 Å². The van der Waals surface area contributed by atoms with Crippen LogP contribution in [0.2, 0.25) is 0 Å². The Morgan fingerprint density at radius 1 is 1.17 bits per heavy atom. The van der Waals surface area contributed by atoms with Crippen molar-refractivity contribution in [3.05, 3.63) is 35.9 Å². The molecule has 0 spiro atoms. The first-order valence-corrected chi connectivity index (χ1v) is 10.1. The number of likely N-dealkylation sites (tertiary alicyclic amines) is 1. The van der Waals surface area contributed by atoms with Crippen molar-refractivity contribution in [2.45, 2.75) is 31.8 Å². The highest BCUT2D eigenvalue weighted by atomic mass is 127. The molecule has 1 aromatic rings. The van der Waals surface area contributed by atoms with Gasteiger partial charge in [0.2, 0.25) is 5.91 Å². The van der Waals surface area contributed by atoms with Gasteiger partial charge in [0, 0.05) is 47.0 Å². The van der Waals surface area contributed by atoms with Crippen molar-refractivity contribution in [1.82, 2.24) is 15.5 Å². The fourth-order valence-corrected chi connectivity index (χ4v) is 3.23. The van der Waals surface area contributed by atoms with E-state index in [2.05, 4.69) is 32.7 Å². The molecule has 2 rings (SSSR count). The minimum Gasteiger partial charge on any atom is -0.385 e. The van der Waals surface area contributed by atoms with Crippen molar-refractivity contribution in [3.8, 4) is 0 Å². The molecule has 29 heavy (non-hydrogen) atoms. The lowest BCUT2D eigenvalue weighted by molar-refractivity contribution is -0.120. The van der Waals surface area contributed by atoms with Crippen LogP contribution in [0.15, 0.2) is 35.3 Å². The molecule has 0 unspecified atom stereocenters. The second-order valence-electron chi connectivity index (χ2n) is 6.89. The van der Waals surface area contributed by atoms with Crippen LogP contribution in [-0.4, -0.2) is 76.4 Å². The summed E-state index contributed by atoms with van der Waals surface area (Å²) >= 11 is 0. The van der Waals surface area contributed by atoms with Gasteiger partial charge in [0.1, 0.15) is 0 Å². The molecule has 164 valence electrons. The van der Waals surface area contributed by atoms with Gasteiger partial charge in [-0.2, -0.15) is 0 Å². The van der Waals surface area contributed by atoms with Gasteiger partial charge in [0.25, 0.3) is 0 Å². The quantitative estimate of drug-likeness (QED) is 0.215. The maximum atomic E-state index is 12.1. The van der Waals surface area contributed by atoms with Crippen LogP contribution in [0.1, 0.15) is 24.8 Å². The fraction of sp³-hybridized carbons (Fsp3) is 0.619. The van der Waals surface area contributed by atoms with Crippen LogP contribution < -0.4 is 10.6 Å². The van der Waals surface area contributed by atoms with E-state index in [1.807, 2.05) is 18.2 Å². The summed E-state index contributed by atoms with van der Waals surface area (Å²) in [6.45, 7) is 4.11. The number of piperidine rings is 1. The highest BCUT2D eigenvalue weighted by molar-refractivity contribution is 14.0. The first-order chi connectivity index (χ1) is 13.7. The zero-order chi connectivity index (χ0) is 20.0. The molecule has 0 atom stereocenters. The van der Waals surface area contributed by atoms with Crippen LogP contribution >= 0.6 is 24.0 Å². The second kappa shape index (κ2) is 15.4. The van der Waals surface area contributed by atoms with E-state index >= 15 is 0 Å². The Labute approximate surface area is 191 Å². The predicted octanol–water partition coefficient (Wildman–Crippen LogP) is 2.06. The van der Waals surface area contributed by atoms with Crippen molar-refractivity contribution in [1.29, 1.82) is 0 Å². The minimum absolute atomic E-state index is 0. The van der Waals surface area contributed by atoms with Crippen molar-refractivity contribution in [2.24, 2.45) is 4.99 Å². The molecular formula is C21H35IN4O3. The molecule has 1 aliphatic heterocycles. The fourth-order valence-electron chi connectivity index (χ4n) is 3.23. The Hall–Kier alpha value is -1.39. The summed E-state index contributed by atoms with van der Waals surface area (Å²) in [5, 5.41) is 6.12. The van der Waals surface area contributed by atoms with E-state index in [0.717, 1.165) is 57.9 Å². The summed E-state index contributed by atoms with van der Waals surface area (Å²) in [4.78, 5) is 18.6. The van der Waals surface area contributed by atoms with Crippen LogP contribution in [0.5, 0.6) is 0 Å². The molecule has 0 saturated carbocycles. The van der Waals surface area contributed by atoms with Crippen molar-refractivity contribution in [3.63, 3.8) is 0 Å². The highest BCUT2D eigenvalue weighted by Crippen LogP contribution is 2.14. The number of hydrogen-bond acceptors (Lipinski definition) is 4. The zero-order valence-electron chi connectivity index (χ0n) is 17.6. The van der Waals surface area contributed by atoms with Crippen molar-refractivity contribution in [2.75, 3.05) is 53.6 Å². The topological polar surface area (TPSA) is 75.2 Å². The lowest BCUT2D eigenvalue weighted by atomic mass is 10.1. The third kappa shape index (κ3) is 10.3. The van der Waals surface area contributed by atoms with Gasteiger partial charge in [0.15, 0.2) is 5.96 Å². The van der Waals surface area contributed by atoms with E-state index < -0.39 is 0 Å². The van der Waals surface area contributed by atoms with E-state index in [4.69, 9.17) is 9.47 Å². The summed E-state index contributed by atoms with van der Waals surface area (Å²) in [5.41, 5.74) is 1.22. The number of aliphatic imine (C=N–C) groups is 1. The van der Waals surface area contributed by atoms with Gasteiger partial charge in [-0.3, -0.25) is 9.79 Å². The number of halogens is 1. The maximum Gasteiger partial charge on any atom is 0.239 e. The smallest absolute Gasteiger partial charge is 0.239 e. The largest absolute Gasteiger partial charge is 0.385 e. The summed E-state index contributed by atoms with van der Waals surface area (Å²) in [6, 6.07) is 10.1. The standard InChI is InChI=1S/C21H34N4O3.HI/c1-22-21(25-13-10-19(11-14-25)28-16-6-15-27-2)24-17-20(26)23-12-9-18-7-4-3-5-8-18;/h3-5,7-8,19H,6,9-17H2,1-2H3,(H,22,24)(H,23,26);1H. The first-order valence-electron chi connectivity index (χ1n) is 10.1. The number of guanidine groups is 1. The van der Waals surface area contributed by atoms with Crippen LogP contribution in [0.25, 0.3) is 0 Å². The summed E-state index contributed by atoms with van der Waals surface area (Å²) in [6.07, 6.45) is 4.00. The molecule has 0 radical (unpaired) electrons. The van der Waals surface area contributed by atoms with Gasteiger partial charge >= 0.3 is 0 Å². The maximum absolute atomic E-state index is 12.1. The molecule has 7 nitrogen and oxygen atoms in total. The Morgan fingerprint density at radius 2 is 1.90 bits per heavy atom. The molecule has 1 aliphatic rings. The number of methoxy groups -OCH3 is 1. The van der Waals surface area contributed by atoms with Gasteiger partial charge in [-0.15, -0.1) is 24.0 Å². The van der Waals surface area contributed by atoms with Gasteiger partial charge in [0.05, 0.1) is 12.6 Å². The number of ether oxygens (including phenoxy) is 2. The predicted molar refractivity (Wildman–Crippen MR) is 127 cm³/mol. The number of nitrogens with one attached hydrogen (secondary N) is 2. The SMILES string of the molecule is CN=C(NCC(=O)NCCc1ccccc1)N1CCC(OCCCOC)CC1.I. The molecule has 1 amide bonds. The molecule has 1 heterocycles. The number of nitrogens with zero attached hydrogens (tertiary/aromatic N) is 2. The van der Waals surface area contributed by atoms with Gasteiger partial charge in [-0.05, 0) is 31.2 Å². The van der Waals surface area contributed by atoms with Gasteiger partial charge in [-0.25, -0.2) is 0 Å². The number of carbonyl (C=O) groups is 1. The third-order valence-electron chi connectivity index (χ3n) is 4.79. The van der Waals surface area contributed by atoms with Crippen LogP contribution in [0.4, 0.5) is 0 Å². The number of carbonyl (C=O) groups excluding carboxylic acids is 1. The summed E-state index contributed by atoms with van der Waals surface area (Å²) in [7, 11) is 3.46. The van der Waals surface area contributed by atoms with Gasteiger partial charge < -0.3 is 25.0 Å². The average Bonchev–Trinajstić information content (AvgIpc) is 2.73. The van der Waals surface area contributed by atoms with E-state index in [0.29, 0.717) is 12.6 Å². The van der Waals surface area contributed by atoms with E-state index in [1.54, 1.807) is 14.2 Å². The van der Waals surface area contributed by atoms with Crippen LogP contribution in [0, 0.1) is 0 Å². The van der Waals surface area contributed by atoms with E-state index in [9.17, 15) is 4.79 Å². The average molecular weight is 518 g/mol. The lowest BCUT2D eigenvalue weighted by Gasteiger charge is -2.34. The number of rotatable bonds is 10. The third-order valence-corrected chi connectivity index (χ3v) is 4.79. The number of amides is 1. The Balaban J connectivity index is 0.00000420. The second-order valence-corrected chi connectivity index (χ2v) is 6.89. The molecule has 0 aromatic heterocycles. The first kappa shape index (κ1) is 25.6. The molecule has 1 aromatic carbocycles. The highest BCUT2D eigenvalue weighted by Gasteiger charge is 2.22. The van der Waals surface area contributed by atoms with Crippen LogP contribution in [0.3, 0.4) is 0 Å². The van der Waals surface area contributed by atoms with Crippen molar-refractivity contribution < 1.29 is 14.3 Å².